The van der Waals surface area contributed by atoms with Crippen molar-refractivity contribution in [3.05, 3.63) is 11.7 Å². The van der Waals surface area contributed by atoms with Crippen LogP contribution in [0.5, 0.6) is 0 Å². The molecule has 1 aliphatic rings. The van der Waals surface area contributed by atoms with Crippen LogP contribution in [0, 0.1) is 0 Å². The van der Waals surface area contributed by atoms with Gasteiger partial charge in [-0.1, -0.05) is 18.5 Å². The normalized spacial score (nSPS) is 24.6. The van der Waals surface area contributed by atoms with Crippen LogP contribution < -0.4 is 5.32 Å². The molecule has 18 heavy (non-hydrogen) atoms. The van der Waals surface area contributed by atoms with Crippen LogP contribution in [-0.4, -0.2) is 37.9 Å². The second-order valence-corrected chi connectivity index (χ2v) is 7.18. The van der Waals surface area contributed by atoms with Crippen LogP contribution in [0.4, 0.5) is 0 Å². The lowest BCUT2D eigenvalue weighted by atomic mass is 9.82. The van der Waals surface area contributed by atoms with Crippen molar-refractivity contribution in [2.75, 3.05) is 19.3 Å². The first-order valence-corrected chi connectivity index (χ1v) is 8.23. The molecule has 1 N–H and O–H groups in total. The topological polar surface area (TPSA) is 85.1 Å². The van der Waals surface area contributed by atoms with Gasteiger partial charge >= 0.3 is 0 Å². The molecule has 6 nitrogen and oxygen atoms in total. The fourth-order valence-corrected chi connectivity index (χ4v) is 3.07. The molecule has 7 heteroatoms. The minimum atomic E-state index is -3.12. The monoisotopic (exact) mass is 273 g/mol. The molecule has 0 saturated carbocycles. The van der Waals surface area contributed by atoms with E-state index in [2.05, 4.69) is 22.4 Å². The third-order valence-corrected chi connectivity index (χ3v) is 4.07. The molecule has 1 fully saturated rings. The third-order valence-electron chi connectivity index (χ3n) is 3.29. The Bertz CT molecular complexity index is 503. The predicted octanol–water partition coefficient (Wildman–Crippen LogP) is 0.645. The summed E-state index contributed by atoms with van der Waals surface area (Å²) in [7, 11) is -3.12. The fraction of sp³-hybridized carbons (Fsp3) is 0.818. The number of hydrogen-bond donors (Lipinski definition) is 1. The molecule has 2 rings (SSSR count). The van der Waals surface area contributed by atoms with Crippen molar-refractivity contribution in [2.24, 2.45) is 0 Å². The van der Waals surface area contributed by atoms with Gasteiger partial charge in [0.25, 0.3) is 0 Å². The molecule has 1 aromatic rings. The van der Waals surface area contributed by atoms with Crippen LogP contribution in [0.3, 0.4) is 0 Å². The largest absolute Gasteiger partial charge is 0.339 e. The van der Waals surface area contributed by atoms with Crippen LogP contribution in [0.15, 0.2) is 4.52 Å². The molecule has 1 unspecified atom stereocenters. The summed E-state index contributed by atoms with van der Waals surface area (Å²) < 4.78 is 27.7. The molecule has 102 valence electrons. The van der Waals surface area contributed by atoms with Gasteiger partial charge in [-0.15, -0.1) is 0 Å². The summed E-state index contributed by atoms with van der Waals surface area (Å²) in [6.45, 7) is 3.87. The van der Waals surface area contributed by atoms with E-state index in [0.29, 0.717) is 5.89 Å². The number of aromatic nitrogens is 2. The van der Waals surface area contributed by atoms with Gasteiger partial charge in [0.2, 0.25) is 5.89 Å². The van der Waals surface area contributed by atoms with E-state index in [1.807, 2.05) is 0 Å². The van der Waals surface area contributed by atoms with E-state index in [4.69, 9.17) is 4.52 Å². The Morgan fingerprint density at radius 2 is 2.28 bits per heavy atom. The summed E-state index contributed by atoms with van der Waals surface area (Å²) in [5.74, 6) is 0.675. The van der Waals surface area contributed by atoms with E-state index in [1.54, 1.807) is 0 Å². The van der Waals surface area contributed by atoms with Crippen molar-refractivity contribution in [3.8, 4) is 0 Å². The SMILES string of the molecule is CCCC1(c2nc(CS(C)(=O)=O)no2)CCNC1. The van der Waals surface area contributed by atoms with E-state index in [1.165, 1.54) is 6.26 Å². The first-order valence-electron chi connectivity index (χ1n) is 6.17. The van der Waals surface area contributed by atoms with Gasteiger partial charge in [-0.05, 0) is 19.4 Å². The number of rotatable bonds is 5. The molecule has 0 aliphatic carbocycles. The first kappa shape index (κ1) is 13.5. The van der Waals surface area contributed by atoms with Crippen LogP contribution in [0.25, 0.3) is 0 Å². The molecule has 0 bridgehead atoms. The molecular formula is C11H19N3O3S. The minimum Gasteiger partial charge on any atom is -0.339 e. The van der Waals surface area contributed by atoms with Crippen molar-refractivity contribution < 1.29 is 12.9 Å². The van der Waals surface area contributed by atoms with Gasteiger partial charge in [-0.25, -0.2) is 8.42 Å². The van der Waals surface area contributed by atoms with Gasteiger partial charge in [0.1, 0.15) is 5.75 Å². The zero-order valence-electron chi connectivity index (χ0n) is 10.8. The maximum absolute atomic E-state index is 11.2. The highest BCUT2D eigenvalue weighted by Crippen LogP contribution is 2.34. The van der Waals surface area contributed by atoms with Crippen LogP contribution in [0.2, 0.25) is 0 Å². The highest BCUT2D eigenvalue weighted by atomic mass is 32.2. The van der Waals surface area contributed by atoms with Crippen LogP contribution in [-0.2, 0) is 21.0 Å². The molecule has 1 atom stereocenters. The Kier molecular flexibility index (Phi) is 3.72. The predicted molar refractivity (Wildman–Crippen MR) is 66.9 cm³/mol. The second-order valence-electron chi connectivity index (χ2n) is 5.04. The summed E-state index contributed by atoms with van der Waals surface area (Å²) in [4.78, 5) is 4.27. The van der Waals surface area contributed by atoms with Gasteiger partial charge in [0, 0.05) is 12.8 Å². The van der Waals surface area contributed by atoms with Crippen molar-refractivity contribution in [1.29, 1.82) is 0 Å². The lowest BCUT2D eigenvalue weighted by molar-refractivity contribution is 0.276. The third kappa shape index (κ3) is 2.89. The number of sulfone groups is 1. The highest BCUT2D eigenvalue weighted by Gasteiger charge is 2.40. The quantitative estimate of drug-likeness (QED) is 0.847. The molecule has 0 spiro atoms. The van der Waals surface area contributed by atoms with Gasteiger partial charge in [-0.2, -0.15) is 4.98 Å². The zero-order chi connectivity index (χ0) is 13.2. The van der Waals surface area contributed by atoms with E-state index < -0.39 is 9.84 Å². The molecular weight excluding hydrogens is 254 g/mol. The second kappa shape index (κ2) is 4.97. The molecule has 2 heterocycles. The Morgan fingerprint density at radius 3 is 2.83 bits per heavy atom. The number of nitrogens with zero attached hydrogens (tertiary/aromatic N) is 2. The standard InChI is InChI=1S/C11H19N3O3S/c1-3-4-11(5-6-12-8-11)10-13-9(14-17-10)7-18(2,15)16/h12H,3-8H2,1-2H3. The van der Waals surface area contributed by atoms with Gasteiger partial charge in [-0.3, -0.25) is 0 Å². The van der Waals surface area contributed by atoms with Gasteiger partial charge < -0.3 is 9.84 Å². The molecule has 1 aliphatic heterocycles. The molecule has 0 aromatic carbocycles. The van der Waals surface area contributed by atoms with E-state index in [-0.39, 0.29) is 17.0 Å². The summed E-state index contributed by atoms with van der Waals surface area (Å²) >= 11 is 0. The van der Waals surface area contributed by atoms with Crippen molar-refractivity contribution >= 4 is 9.84 Å². The number of hydrogen-bond acceptors (Lipinski definition) is 6. The molecule has 1 saturated heterocycles. The average Bonchev–Trinajstić information content (AvgIpc) is 2.85. The summed E-state index contributed by atoms with van der Waals surface area (Å²) in [5, 5.41) is 7.09. The zero-order valence-corrected chi connectivity index (χ0v) is 11.6. The summed E-state index contributed by atoms with van der Waals surface area (Å²) in [6, 6.07) is 0. The Balaban J connectivity index is 2.22. The Morgan fingerprint density at radius 1 is 1.50 bits per heavy atom. The van der Waals surface area contributed by atoms with Gasteiger partial charge in [0.05, 0.1) is 5.41 Å². The molecule has 1 aromatic heterocycles. The first-order chi connectivity index (χ1) is 8.45. The number of nitrogens with one attached hydrogen (secondary N) is 1. The lowest BCUT2D eigenvalue weighted by Crippen LogP contribution is -2.29. The molecule has 0 radical (unpaired) electrons. The average molecular weight is 273 g/mol. The summed E-state index contributed by atoms with van der Waals surface area (Å²) in [6.07, 6.45) is 4.13. The highest BCUT2D eigenvalue weighted by molar-refractivity contribution is 7.89. The lowest BCUT2D eigenvalue weighted by Gasteiger charge is -2.22. The van der Waals surface area contributed by atoms with E-state index in [0.717, 1.165) is 32.4 Å². The van der Waals surface area contributed by atoms with Gasteiger partial charge in [0.15, 0.2) is 15.7 Å². The Hall–Kier alpha value is -0.950. The molecule has 0 amide bonds. The summed E-state index contributed by atoms with van der Waals surface area (Å²) in [5.41, 5.74) is -0.114. The van der Waals surface area contributed by atoms with E-state index in [9.17, 15) is 8.42 Å². The van der Waals surface area contributed by atoms with Crippen LogP contribution >= 0.6 is 0 Å². The smallest absolute Gasteiger partial charge is 0.234 e. The fourth-order valence-electron chi connectivity index (χ4n) is 2.49. The minimum absolute atomic E-state index is 0.114. The van der Waals surface area contributed by atoms with Crippen molar-refractivity contribution in [3.63, 3.8) is 0 Å². The van der Waals surface area contributed by atoms with E-state index >= 15 is 0 Å². The van der Waals surface area contributed by atoms with Crippen LogP contribution in [0.1, 0.15) is 37.9 Å². The Labute approximate surface area is 107 Å². The van der Waals surface area contributed by atoms with Crippen molar-refractivity contribution in [2.45, 2.75) is 37.4 Å². The van der Waals surface area contributed by atoms with Crippen molar-refractivity contribution in [1.82, 2.24) is 15.5 Å². The maximum atomic E-state index is 11.2. The maximum Gasteiger partial charge on any atom is 0.234 e.